The van der Waals surface area contributed by atoms with Gasteiger partial charge < -0.3 is 5.73 Å². The number of nitrogens with one attached hydrogen (secondary N) is 2. The second-order valence-electron chi connectivity index (χ2n) is 5.02. The van der Waals surface area contributed by atoms with Gasteiger partial charge in [0.15, 0.2) is 0 Å². The Bertz CT molecular complexity index is 981. The molecular formula is C12H15N5O6S2. The van der Waals surface area contributed by atoms with E-state index in [9.17, 15) is 21.6 Å². The quantitative estimate of drug-likeness (QED) is 0.558. The number of carbonyl (C=O) groups excluding carboxylic acids is 1. The van der Waals surface area contributed by atoms with Crippen molar-refractivity contribution in [2.75, 3.05) is 4.72 Å². The van der Waals surface area contributed by atoms with Gasteiger partial charge >= 0.3 is 0 Å². The first-order chi connectivity index (χ1) is 11.5. The van der Waals surface area contributed by atoms with Crippen molar-refractivity contribution in [3.8, 4) is 0 Å². The third kappa shape index (κ3) is 4.32. The molecule has 13 heteroatoms. The molecule has 25 heavy (non-hydrogen) atoms. The van der Waals surface area contributed by atoms with Crippen LogP contribution in [0.15, 0.2) is 38.7 Å². The van der Waals surface area contributed by atoms with Crippen molar-refractivity contribution in [1.29, 1.82) is 0 Å². The van der Waals surface area contributed by atoms with Gasteiger partial charge in [-0.05, 0) is 43.3 Å². The summed E-state index contributed by atoms with van der Waals surface area (Å²) in [4.78, 5) is 10.5. The summed E-state index contributed by atoms with van der Waals surface area (Å²) >= 11 is 0. The Balaban J connectivity index is 2.24. The third-order valence-electron chi connectivity index (χ3n) is 3.09. The van der Waals surface area contributed by atoms with Gasteiger partial charge in [-0.1, -0.05) is 5.16 Å². The second kappa shape index (κ2) is 6.78. The number of hydrogen-bond donors (Lipinski definition) is 3. The second-order valence-corrected chi connectivity index (χ2v) is 8.42. The summed E-state index contributed by atoms with van der Waals surface area (Å²) in [6.07, 6.45) is 0. The first-order valence-electron chi connectivity index (χ1n) is 6.76. The van der Waals surface area contributed by atoms with Crippen LogP contribution in [0.3, 0.4) is 0 Å². The average Bonchev–Trinajstić information content (AvgIpc) is 2.91. The highest BCUT2D eigenvalue weighted by atomic mass is 32.2. The SMILES string of the molecule is Cc1nonc1NS(=O)(=O)c1ccc(S(=O)(=O)NC(C)C(N)=O)cc1. The molecule has 1 atom stereocenters. The smallest absolute Gasteiger partial charge is 0.263 e. The van der Waals surface area contributed by atoms with Crippen LogP contribution >= 0.6 is 0 Å². The standard InChI is InChI=1S/C12H15N5O6S2/c1-7(11(13)18)16-24(19,20)9-3-5-10(6-4-9)25(21,22)17-12-8(2)14-23-15-12/h3-7,16H,1-2H3,(H2,13,18)(H,15,17). The van der Waals surface area contributed by atoms with Crippen molar-refractivity contribution < 1.29 is 26.3 Å². The fourth-order valence-corrected chi connectivity index (χ4v) is 3.93. The molecule has 0 bridgehead atoms. The van der Waals surface area contributed by atoms with Crippen LogP contribution in [-0.2, 0) is 24.8 Å². The van der Waals surface area contributed by atoms with Gasteiger partial charge in [-0.2, -0.15) is 4.72 Å². The molecule has 11 nitrogen and oxygen atoms in total. The normalized spacial score (nSPS) is 13.4. The maximum atomic E-state index is 12.2. The lowest BCUT2D eigenvalue weighted by Crippen LogP contribution is -2.42. The zero-order chi connectivity index (χ0) is 18.8. The molecule has 4 N–H and O–H groups in total. The number of sulfonamides is 2. The molecule has 0 aliphatic rings. The molecule has 1 unspecified atom stereocenters. The number of amides is 1. The Morgan fingerprint density at radius 3 is 2.04 bits per heavy atom. The predicted octanol–water partition coefficient (Wildman–Crippen LogP) is -0.669. The van der Waals surface area contributed by atoms with Gasteiger partial charge in [-0.25, -0.2) is 21.5 Å². The Kier molecular flexibility index (Phi) is 5.10. The highest BCUT2D eigenvalue weighted by molar-refractivity contribution is 7.92. The lowest BCUT2D eigenvalue weighted by atomic mass is 10.4. The molecule has 136 valence electrons. The Morgan fingerprint density at radius 1 is 1.08 bits per heavy atom. The molecule has 1 amide bonds. The van der Waals surface area contributed by atoms with Gasteiger partial charge in [0.25, 0.3) is 10.0 Å². The monoisotopic (exact) mass is 389 g/mol. The topological polar surface area (TPSA) is 174 Å². The zero-order valence-corrected chi connectivity index (χ0v) is 14.8. The molecule has 0 saturated carbocycles. The molecule has 0 aliphatic carbocycles. The van der Waals surface area contributed by atoms with Gasteiger partial charge in [-0.3, -0.25) is 9.52 Å². The van der Waals surface area contributed by atoms with E-state index in [-0.39, 0.29) is 21.3 Å². The molecule has 1 aromatic carbocycles. The fourth-order valence-electron chi connectivity index (χ4n) is 1.67. The first kappa shape index (κ1) is 18.8. The minimum atomic E-state index is -4.03. The van der Waals surface area contributed by atoms with Crippen LogP contribution in [0.4, 0.5) is 5.82 Å². The Morgan fingerprint density at radius 2 is 1.60 bits per heavy atom. The van der Waals surface area contributed by atoms with Crippen LogP contribution < -0.4 is 15.2 Å². The van der Waals surface area contributed by atoms with Crippen LogP contribution in [0.5, 0.6) is 0 Å². The molecule has 1 aromatic heterocycles. The van der Waals surface area contributed by atoms with Gasteiger partial charge in [0.2, 0.25) is 21.7 Å². The van der Waals surface area contributed by atoms with Gasteiger partial charge in [-0.15, -0.1) is 0 Å². The highest BCUT2D eigenvalue weighted by Gasteiger charge is 2.22. The Labute approximate surface area is 143 Å². The zero-order valence-electron chi connectivity index (χ0n) is 13.1. The number of aryl methyl sites for hydroxylation is 1. The molecule has 0 aliphatic heterocycles. The molecule has 1 heterocycles. The predicted molar refractivity (Wildman–Crippen MR) is 85.3 cm³/mol. The maximum Gasteiger partial charge on any atom is 0.263 e. The lowest BCUT2D eigenvalue weighted by Gasteiger charge is -2.11. The summed E-state index contributed by atoms with van der Waals surface area (Å²) in [6.45, 7) is 2.78. The molecule has 0 saturated heterocycles. The van der Waals surface area contributed by atoms with E-state index in [1.54, 1.807) is 0 Å². The van der Waals surface area contributed by atoms with Crippen molar-refractivity contribution in [2.45, 2.75) is 29.7 Å². The van der Waals surface area contributed by atoms with Crippen LogP contribution in [0.2, 0.25) is 0 Å². The largest absolute Gasteiger partial charge is 0.368 e. The van der Waals surface area contributed by atoms with E-state index < -0.39 is 32.0 Å². The number of anilines is 1. The summed E-state index contributed by atoms with van der Waals surface area (Å²) in [7, 11) is -8.03. The van der Waals surface area contributed by atoms with Gasteiger partial charge in [0.05, 0.1) is 15.8 Å². The maximum absolute atomic E-state index is 12.2. The van der Waals surface area contributed by atoms with E-state index in [1.807, 2.05) is 0 Å². The summed E-state index contributed by atoms with van der Waals surface area (Å²) < 4.78 is 57.3. The molecule has 0 radical (unpaired) electrons. The van der Waals surface area contributed by atoms with E-state index in [2.05, 4.69) is 24.4 Å². The number of carbonyl (C=O) groups is 1. The van der Waals surface area contributed by atoms with Crippen LogP contribution in [0.1, 0.15) is 12.6 Å². The average molecular weight is 389 g/mol. The number of nitrogens with two attached hydrogens (primary N) is 1. The minimum absolute atomic E-state index is 0.0753. The van der Waals surface area contributed by atoms with Gasteiger partial charge in [0.1, 0.15) is 5.69 Å². The number of aromatic nitrogens is 2. The molecule has 2 rings (SSSR count). The van der Waals surface area contributed by atoms with Crippen molar-refractivity contribution >= 4 is 31.8 Å². The molecule has 0 fully saturated rings. The lowest BCUT2D eigenvalue weighted by molar-refractivity contribution is -0.119. The fraction of sp³-hybridized carbons (Fsp3) is 0.250. The minimum Gasteiger partial charge on any atom is -0.368 e. The number of nitrogens with zero attached hydrogens (tertiary/aromatic N) is 2. The van der Waals surface area contributed by atoms with Crippen molar-refractivity contribution in [2.24, 2.45) is 5.73 Å². The van der Waals surface area contributed by atoms with Crippen LogP contribution in [-0.4, -0.2) is 39.1 Å². The van der Waals surface area contributed by atoms with E-state index in [0.717, 1.165) is 24.3 Å². The molecule has 0 spiro atoms. The third-order valence-corrected chi connectivity index (χ3v) is 6.00. The number of rotatable bonds is 7. The molecular weight excluding hydrogens is 374 g/mol. The Hall–Kier alpha value is -2.51. The summed E-state index contributed by atoms with van der Waals surface area (Å²) in [5, 5.41) is 6.85. The van der Waals surface area contributed by atoms with Crippen LogP contribution in [0.25, 0.3) is 0 Å². The summed E-state index contributed by atoms with van der Waals surface area (Å²) in [6, 6.07) is 3.23. The van der Waals surface area contributed by atoms with E-state index in [1.165, 1.54) is 13.8 Å². The van der Waals surface area contributed by atoms with Gasteiger partial charge in [0, 0.05) is 0 Å². The highest BCUT2D eigenvalue weighted by Crippen LogP contribution is 2.18. The number of hydrogen-bond acceptors (Lipinski definition) is 8. The van der Waals surface area contributed by atoms with E-state index in [0.29, 0.717) is 0 Å². The van der Waals surface area contributed by atoms with Crippen molar-refractivity contribution in [3.05, 3.63) is 30.0 Å². The van der Waals surface area contributed by atoms with Crippen molar-refractivity contribution in [3.63, 3.8) is 0 Å². The van der Waals surface area contributed by atoms with Crippen molar-refractivity contribution in [1.82, 2.24) is 15.0 Å². The molecule has 2 aromatic rings. The van der Waals surface area contributed by atoms with E-state index in [4.69, 9.17) is 5.73 Å². The van der Waals surface area contributed by atoms with E-state index >= 15 is 0 Å². The number of benzene rings is 1. The number of primary amides is 1. The first-order valence-corrected chi connectivity index (χ1v) is 9.73. The summed E-state index contributed by atoms with van der Waals surface area (Å²) in [5.41, 5.74) is 5.25. The van der Waals surface area contributed by atoms with Crippen LogP contribution in [0, 0.1) is 6.92 Å². The summed E-state index contributed by atoms with van der Waals surface area (Å²) in [5.74, 6) is -0.919.